The van der Waals surface area contributed by atoms with Crippen LogP contribution in [0.1, 0.15) is 73.5 Å². The molecule has 0 bridgehead atoms. The van der Waals surface area contributed by atoms with E-state index in [-0.39, 0.29) is 0 Å². The highest BCUT2D eigenvalue weighted by Gasteiger charge is 2.29. The Kier molecular flexibility index (Phi) is 2.31. The van der Waals surface area contributed by atoms with Gasteiger partial charge in [0.2, 0.25) is 0 Å². The van der Waals surface area contributed by atoms with Crippen LogP contribution in [0.3, 0.4) is 0 Å². The third kappa shape index (κ3) is 1.33. The molecule has 0 N–H and O–H groups in total. The minimum absolute atomic E-state index is 0.671. The predicted octanol–water partition coefficient (Wildman–Crippen LogP) is 3.74. The van der Waals surface area contributed by atoms with Gasteiger partial charge in [0.1, 0.15) is 0 Å². The Hall–Kier alpha value is -0.850. The lowest BCUT2D eigenvalue weighted by Gasteiger charge is -2.19. The van der Waals surface area contributed by atoms with E-state index in [4.69, 9.17) is 4.98 Å². The summed E-state index contributed by atoms with van der Waals surface area (Å²) in [5.74, 6) is 1.41. The van der Waals surface area contributed by atoms with Crippen LogP contribution in [0.5, 0.6) is 0 Å². The van der Waals surface area contributed by atoms with Crippen molar-refractivity contribution in [2.45, 2.75) is 64.7 Å². The molecule has 1 aromatic heterocycles. The van der Waals surface area contributed by atoms with Crippen molar-refractivity contribution in [1.82, 2.24) is 4.98 Å². The summed E-state index contributed by atoms with van der Waals surface area (Å²) in [6.45, 7) is 7.07. The minimum atomic E-state index is 0.671. The van der Waals surface area contributed by atoms with Crippen molar-refractivity contribution in [3.05, 3.63) is 28.1 Å². The molecule has 0 fully saturated rings. The number of hydrogen-bond donors (Lipinski definition) is 0. The zero-order valence-electron chi connectivity index (χ0n) is 10.6. The first-order chi connectivity index (χ1) is 7.68. The second kappa shape index (κ2) is 3.58. The topological polar surface area (TPSA) is 12.9 Å². The SMILES string of the molecule is CC(C)c1c2c(nc3c1C(C)CC3)CCC2. The molecule has 1 aromatic rings. The Morgan fingerprint density at radius 3 is 2.69 bits per heavy atom. The molecule has 0 saturated carbocycles. The lowest BCUT2D eigenvalue weighted by molar-refractivity contribution is 0.724. The first-order valence-corrected chi connectivity index (χ1v) is 6.73. The number of nitrogens with zero attached hydrogens (tertiary/aromatic N) is 1. The van der Waals surface area contributed by atoms with E-state index in [9.17, 15) is 0 Å². The fraction of sp³-hybridized carbons (Fsp3) is 0.667. The van der Waals surface area contributed by atoms with Crippen LogP contribution in [0.25, 0.3) is 0 Å². The molecule has 16 heavy (non-hydrogen) atoms. The van der Waals surface area contributed by atoms with Gasteiger partial charge >= 0.3 is 0 Å². The third-order valence-electron chi connectivity index (χ3n) is 4.27. The number of rotatable bonds is 1. The highest BCUT2D eigenvalue weighted by molar-refractivity contribution is 5.48. The molecule has 0 radical (unpaired) electrons. The second-order valence-electron chi connectivity index (χ2n) is 5.76. The minimum Gasteiger partial charge on any atom is -0.257 e. The second-order valence-corrected chi connectivity index (χ2v) is 5.76. The molecule has 0 amide bonds. The molecule has 0 saturated heterocycles. The number of fused-ring (bicyclic) bond motifs is 2. The van der Waals surface area contributed by atoms with Crippen LogP contribution in [0, 0.1) is 0 Å². The average molecular weight is 215 g/mol. The van der Waals surface area contributed by atoms with Crippen LogP contribution in [0.2, 0.25) is 0 Å². The van der Waals surface area contributed by atoms with Crippen molar-refractivity contribution >= 4 is 0 Å². The molecule has 0 aliphatic heterocycles. The van der Waals surface area contributed by atoms with Crippen LogP contribution >= 0.6 is 0 Å². The molecule has 1 atom stereocenters. The summed E-state index contributed by atoms with van der Waals surface area (Å²) in [5.41, 5.74) is 7.76. The summed E-state index contributed by atoms with van der Waals surface area (Å²) in [5, 5.41) is 0. The molecule has 0 aromatic carbocycles. The van der Waals surface area contributed by atoms with Crippen LogP contribution in [-0.4, -0.2) is 4.98 Å². The highest BCUT2D eigenvalue weighted by Crippen LogP contribution is 2.41. The molecule has 3 rings (SSSR count). The van der Waals surface area contributed by atoms with E-state index in [0.29, 0.717) is 5.92 Å². The van der Waals surface area contributed by atoms with Crippen molar-refractivity contribution in [1.29, 1.82) is 0 Å². The van der Waals surface area contributed by atoms with E-state index in [1.807, 2.05) is 0 Å². The molecule has 1 unspecified atom stereocenters. The summed E-state index contributed by atoms with van der Waals surface area (Å²) in [4.78, 5) is 4.93. The monoisotopic (exact) mass is 215 g/mol. The zero-order valence-corrected chi connectivity index (χ0v) is 10.6. The maximum atomic E-state index is 4.93. The van der Waals surface area contributed by atoms with Gasteiger partial charge in [-0.15, -0.1) is 0 Å². The first-order valence-electron chi connectivity index (χ1n) is 6.73. The van der Waals surface area contributed by atoms with Gasteiger partial charge in [0.25, 0.3) is 0 Å². The van der Waals surface area contributed by atoms with E-state index < -0.39 is 0 Å². The summed E-state index contributed by atoms with van der Waals surface area (Å²) in [7, 11) is 0. The molecular weight excluding hydrogens is 194 g/mol. The van der Waals surface area contributed by atoms with Gasteiger partial charge in [-0.25, -0.2) is 0 Å². The molecule has 0 spiro atoms. The maximum absolute atomic E-state index is 4.93. The van der Waals surface area contributed by atoms with Crippen LogP contribution in [-0.2, 0) is 19.3 Å². The Balaban J connectivity index is 2.26. The Morgan fingerprint density at radius 1 is 1.12 bits per heavy atom. The van der Waals surface area contributed by atoms with Gasteiger partial charge in [-0.05, 0) is 60.6 Å². The average Bonchev–Trinajstić information content (AvgIpc) is 2.82. The zero-order chi connectivity index (χ0) is 11.3. The maximum Gasteiger partial charge on any atom is 0.0444 e. The van der Waals surface area contributed by atoms with Crippen molar-refractivity contribution in [2.24, 2.45) is 0 Å². The lowest BCUT2D eigenvalue weighted by Crippen LogP contribution is -2.06. The number of pyridine rings is 1. The fourth-order valence-corrected chi connectivity index (χ4v) is 3.58. The predicted molar refractivity (Wildman–Crippen MR) is 67.1 cm³/mol. The van der Waals surface area contributed by atoms with E-state index >= 15 is 0 Å². The summed E-state index contributed by atoms with van der Waals surface area (Å²) >= 11 is 0. The van der Waals surface area contributed by atoms with Gasteiger partial charge in [0.15, 0.2) is 0 Å². The van der Waals surface area contributed by atoms with E-state index in [1.165, 1.54) is 43.5 Å². The van der Waals surface area contributed by atoms with Crippen molar-refractivity contribution in [3.8, 4) is 0 Å². The van der Waals surface area contributed by atoms with Crippen LogP contribution in [0.15, 0.2) is 0 Å². The molecule has 2 aliphatic rings. The smallest absolute Gasteiger partial charge is 0.0444 e. The number of hydrogen-bond acceptors (Lipinski definition) is 1. The molecule has 2 aliphatic carbocycles. The van der Waals surface area contributed by atoms with Crippen molar-refractivity contribution in [2.75, 3.05) is 0 Å². The third-order valence-corrected chi connectivity index (χ3v) is 4.27. The lowest BCUT2D eigenvalue weighted by atomic mass is 9.88. The van der Waals surface area contributed by atoms with Gasteiger partial charge in [0, 0.05) is 11.4 Å². The van der Waals surface area contributed by atoms with E-state index in [1.54, 1.807) is 16.7 Å². The molecule has 1 heterocycles. The summed E-state index contributed by atoms with van der Waals surface area (Å²) in [6, 6.07) is 0. The van der Waals surface area contributed by atoms with Gasteiger partial charge in [-0.1, -0.05) is 20.8 Å². The summed E-state index contributed by atoms with van der Waals surface area (Å²) in [6.07, 6.45) is 6.33. The molecule has 1 heteroatoms. The summed E-state index contributed by atoms with van der Waals surface area (Å²) < 4.78 is 0. The molecule has 1 nitrogen and oxygen atoms in total. The number of aryl methyl sites for hydroxylation is 2. The largest absolute Gasteiger partial charge is 0.257 e. The van der Waals surface area contributed by atoms with Crippen LogP contribution in [0.4, 0.5) is 0 Å². The van der Waals surface area contributed by atoms with E-state index in [2.05, 4.69) is 20.8 Å². The Bertz CT molecular complexity index is 432. The van der Waals surface area contributed by atoms with Crippen LogP contribution < -0.4 is 0 Å². The fourth-order valence-electron chi connectivity index (χ4n) is 3.58. The van der Waals surface area contributed by atoms with Gasteiger partial charge in [-0.2, -0.15) is 0 Å². The highest BCUT2D eigenvalue weighted by atomic mass is 14.7. The van der Waals surface area contributed by atoms with E-state index in [0.717, 1.165) is 5.92 Å². The normalized spacial score (nSPS) is 22.6. The standard InChI is InChI=1S/C15H21N/c1-9(2)14-11-5-4-6-12(11)16-13-8-7-10(3)15(13)14/h9-10H,4-8H2,1-3H3. The Morgan fingerprint density at radius 2 is 1.94 bits per heavy atom. The Labute approximate surface area is 98.3 Å². The van der Waals surface area contributed by atoms with Crippen molar-refractivity contribution in [3.63, 3.8) is 0 Å². The van der Waals surface area contributed by atoms with Crippen molar-refractivity contribution < 1.29 is 0 Å². The first kappa shape index (κ1) is 10.3. The quantitative estimate of drug-likeness (QED) is 0.695. The van der Waals surface area contributed by atoms with Gasteiger partial charge in [-0.3, -0.25) is 4.98 Å². The molecule has 86 valence electrons. The molecular formula is C15H21N. The van der Waals surface area contributed by atoms with Gasteiger partial charge < -0.3 is 0 Å². The van der Waals surface area contributed by atoms with Gasteiger partial charge in [0.05, 0.1) is 0 Å². The number of aromatic nitrogens is 1.